The van der Waals surface area contributed by atoms with Crippen LogP contribution in [0.25, 0.3) is 0 Å². The second kappa shape index (κ2) is 5.96. The zero-order valence-electron chi connectivity index (χ0n) is 11.1. The Labute approximate surface area is 108 Å². The van der Waals surface area contributed by atoms with Crippen LogP contribution in [0.3, 0.4) is 0 Å². The standard InChI is InChI=1S/C14H21NO3/c1-3-5-16-12-8-14-13(17-9-18-14)7-10(12)6-11(15)4-2/h7-8,11H,3-6,9,15H2,1-2H3. The van der Waals surface area contributed by atoms with Crippen molar-refractivity contribution >= 4 is 0 Å². The molecule has 1 aromatic carbocycles. The van der Waals surface area contributed by atoms with Gasteiger partial charge in [0.25, 0.3) is 0 Å². The van der Waals surface area contributed by atoms with Crippen molar-refractivity contribution in [3.63, 3.8) is 0 Å². The molecule has 0 spiro atoms. The molecule has 0 saturated carbocycles. The third-order valence-corrected chi connectivity index (χ3v) is 3.02. The Morgan fingerprint density at radius 1 is 1.28 bits per heavy atom. The van der Waals surface area contributed by atoms with Gasteiger partial charge in [0, 0.05) is 12.1 Å². The first-order chi connectivity index (χ1) is 8.74. The van der Waals surface area contributed by atoms with Gasteiger partial charge in [-0.25, -0.2) is 0 Å². The molecule has 1 atom stereocenters. The molecule has 2 N–H and O–H groups in total. The molecule has 0 bridgehead atoms. The summed E-state index contributed by atoms with van der Waals surface area (Å²) in [7, 11) is 0. The highest BCUT2D eigenvalue weighted by molar-refractivity contribution is 5.52. The largest absolute Gasteiger partial charge is 0.493 e. The Bertz CT molecular complexity index is 406. The third kappa shape index (κ3) is 2.88. The zero-order valence-corrected chi connectivity index (χ0v) is 11.1. The van der Waals surface area contributed by atoms with Crippen molar-refractivity contribution in [2.45, 2.75) is 39.2 Å². The van der Waals surface area contributed by atoms with Gasteiger partial charge >= 0.3 is 0 Å². The van der Waals surface area contributed by atoms with E-state index in [1.807, 2.05) is 12.1 Å². The van der Waals surface area contributed by atoms with Gasteiger partial charge in [-0.3, -0.25) is 0 Å². The molecule has 1 aliphatic rings. The van der Waals surface area contributed by atoms with Gasteiger partial charge in [0.05, 0.1) is 6.61 Å². The molecule has 1 unspecified atom stereocenters. The summed E-state index contributed by atoms with van der Waals surface area (Å²) < 4.78 is 16.5. The smallest absolute Gasteiger partial charge is 0.231 e. The maximum atomic E-state index is 6.02. The zero-order chi connectivity index (χ0) is 13.0. The van der Waals surface area contributed by atoms with Crippen molar-refractivity contribution in [1.29, 1.82) is 0 Å². The van der Waals surface area contributed by atoms with E-state index in [0.29, 0.717) is 6.61 Å². The van der Waals surface area contributed by atoms with E-state index in [2.05, 4.69) is 13.8 Å². The van der Waals surface area contributed by atoms with E-state index in [0.717, 1.165) is 42.1 Å². The minimum Gasteiger partial charge on any atom is -0.493 e. The summed E-state index contributed by atoms with van der Waals surface area (Å²) in [5.41, 5.74) is 7.12. The lowest BCUT2D eigenvalue weighted by Gasteiger charge is -2.15. The van der Waals surface area contributed by atoms with Crippen molar-refractivity contribution in [2.75, 3.05) is 13.4 Å². The van der Waals surface area contributed by atoms with Crippen LogP contribution in [0.15, 0.2) is 12.1 Å². The molecule has 1 aliphatic heterocycles. The SMILES string of the molecule is CCCOc1cc2c(cc1CC(N)CC)OCO2. The Kier molecular flexibility index (Phi) is 4.31. The average Bonchev–Trinajstić information content (AvgIpc) is 2.82. The number of nitrogens with two attached hydrogens (primary N) is 1. The molecule has 18 heavy (non-hydrogen) atoms. The van der Waals surface area contributed by atoms with Crippen molar-refractivity contribution in [1.82, 2.24) is 0 Å². The van der Waals surface area contributed by atoms with Crippen molar-refractivity contribution in [3.05, 3.63) is 17.7 Å². The Morgan fingerprint density at radius 3 is 2.67 bits per heavy atom. The van der Waals surface area contributed by atoms with Gasteiger partial charge in [-0.15, -0.1) is 0 Å². The summed E-state index contributed by atoms with van der Waals surface area (Å²) >= 11 is 0. The number of ether oxygens (including phenoxy) is 3. The number of hydrogen-bond acceptors (Lipinski definition) is 4. The number of fused-ring (bicyclic) bond motifs is 1. The summed E-state index contributed by atoms with van der Waals surface area (Å²) in [5.74, 6) is 2.41. The minimum atomic E-state index is 0.148. The van der Waals surface area contributed by atoms with Gasteiger partial charge in [0.15, 0.2) is 11.5 Å². The van der Waals surface area contributed by atoms with E-state index < -0.39 is 0 Å². The van der Waals surface area contributed by atoms with Crippen LogP contribution in [0.1, 0.15) is 32.3 Å². The minimum absolute atomic E-state index is 0.148. The molecule has 2 rings (SSSR count). The molecule has 0 aromatic heterocycles. The third-order valence-electron chi connectivity index (χ3n) is 3.02. The number of benzene rings is 1. The van der Waals surface area contributed by atoms with Crippen molar-refractivity contribution < 1.29 is 14.2 Å². The molecule has 1 aromatic rings. The predicted molar refractivity (Wildman–Crippen MR) is 70.3 cm³/mol. The maximum absolute atomic E-state index is 6.02. The molecule has 0 fully saturated rings. The number of rotatable bonds is 6. The van der Waals surface area contributed by atoms with E-state index in [9.17, 15) is 0 Å². The average molecular weight is 251 g/mol. The van der Waals surface area contributed by atoms with Crippen LogP contribution in [0.4, 0.5) is 0 Å². The van der Waals surface area contributed by atoms with E-state index in [1.165, 1.54) is 0 Å². The van der Waals surface area contributed by atoms with Gasteiger partial charge < -0.3 is 19.9 Å². The van der Waals surface area contributed by atoms with E-state index in [-0.39, 0.29) is 12.8 Å². The van der Waals surface area contributed by atoms with E-state index >= 15 is 0 Å². The lowest BCUT2D eigenvalue weighted by atomic mass is 10.0. The normalized spacial score (nSPS) is 14.6. The lowest BCUT2D eigenvalue weighted by molar-refractivity contribution is 0.173. The topological polar surface area (TPSA) is 53.7 Å². The van der Waals surface area contributed by atoms with Gasteiger partial charge in [-0.1, -0.05) is 13.8 Å². The second-order valence-corrected chi connectivity index (χ2v) is 4.53. The summed E-state index contributed by atoms with van der Waals surface area (Å²) in [6.45, 7) is 5.16. The summed E-state index contributed by atoms with van der Waals surface area (Å²) in [5, 5.41) is 0. The van der Waals surface area contributed by atoms with Gasteiger partial charge in [0.2, 0.25) is 6.79 Å². The predicted octanol–water partition coefficient (Wildman–Crippen LogP) is 2.48. The highest BCUT2D eigenvalue weighted by atomic mass is 16.7. The van der Waals surface area contributed by atoms with Crippen LogP contribution in [0.2, 0.25) is 0 Å². The summed E-state index contributed by atoms with van der Waals surface area (Å²) in [6, 6.07) is 4.05. The summed E-state index contributed by atoms with van der Waals surface area (Å²) in [6.07, 6.45) is 2.72. The Balaban J connectivity index is 2.23. The lowest BCUT2D eigenvalue weighted by Crippen LogP contribution is -2.21. The molecule has 0 aliphatic carbocycles. The fourth-order valence-electron chi connectivity index (χ4n) is 1.90. The molecule has 0 saturated heterocycles. The monoisotopic (exact) mass is 251 g/mol. The first-order valence-corrected chi connectivity index (χ1v) is 6.55. The second-order valence-electron chi connectivity index (χ2n) is 4.53. The molecule has 4 nitrogen and oxygen atoms in total. The molecule has 0 radical (unpaired) electrons. The molecule has 0 amide bonds. The van der Waals surface area contributed by atoms with Crippen LogP contribution in [-0.2, 0) is 6.42 Å². The number of hydrogen-bond donors (Lipinski definition) is 1. The molecular weight excluding hydrogens is 230 g/mol. The molecule has 4 heteroatoms. The fourth-order valence-corrected chi connectivity index (χ4v) is 1.90. The van der Waals surface area contributed by atoms with Crippen molar-refractivity contribution in [3.8, 4) is 17.2 Å². The van der Waals surface area contributed by atoms with Crippen LogP contribution in [0, 0.1) is 0 Å². The maximum Gasteiger partial charge on any atom is 0.231 e. The first-order valence-electron chi connectivity index (χ1n) is 6.55. The van der Waals surface area contributed by atoms with Crippen LogP contribution >= 0.6 is 0 Å². The highest BCUT2D eigenvalue weighted by Gasteiger charge is 2.19. The molecule has 100 valence electrons. The van der Waals surface area contributed by atoms with Crippen LogP contribution in [-0.4, -0.2) is 19.4 Å². The van der Waals surface area contributed by atoms with Gasteiger partial charge in [-0.05, 0) is 30.9 Å². The molecule has 1 heterocycles. The van der Waals surface area contributed by atoms with Gasteiger partial charge in [-0.2, -0.15) is 0 Å². The van der Waals surface area contributed by atoms with Crippen LogP contribution in [0.5, 0.6) is 17.2 Å². The van der Waals surface area contributed by atoms with E-state index in [1.54, 1.807) is 0 Å². The van der Waals surface area contributed by atoms with E-state index in [4.69, 9.17) is 19.9 Å². The summed E-state index contributed by atoms with van der Waals surface area (Å²) in [4.78, 5) is 0. The first kappa shape index (κ1) is 13.0. The fraction of sp³-hybridized carbons (Fsp3) is 0.571. The van der Waals surface area contributed by atoms with Crippen LogP contribution < -0.4 is 19.9 Å². The highest BCUT2D eigenvalue weighted by Crippen LogP contribution is 2.38. The quantitative estimate of drug-likeness (QED) is 0.844. The Hall–Kier alpha value is -1.42. The Morgan fingerprint density at radius 2 is 2.00 bits per heavy atom. The van der Waals surface area contributed by atoms with Gasteiger partial charge in [0.1, 0.15) is 5.75 Å². The molecular formula is C14H21NO3. The van der Waals surface area contributed by atoms with Crippen molar-refractivity contribution in [2.24, 2.45) is 5.73 Å².